The number of halogens is 2. The lowest BCUT2D eigenvalue weighted by molar-refractivity contribution is 0.0925. The third kappa shape index (κ3) is 4.55. The SMILES string of the molecule is CCOC(=O)NC(=O)c1c(NC(=O)c2ccc(Cl)cc2Cl)sc(C)c1C. The predicted octanol–water partition coefficient (Wildman–Crippen LogP) is 4.81. The lowest BCUT2D eigenvalue weighted by Gasteiger charge is -2.09. The molecule has 2 rings (SSSR count). The molecule has 0 saturated heterocycles. The lowest BCUT2D eigenvalue weighted by Crippen LogP contribution is -2.32. The number of ether oxygens (including phenoxy) is 1. The van der Waals surface area contributed by atoms with Crippen molar-refractivity contribution in [2.45, 2.75) is 20.8 Å². The normalized spacial score (nSPS) is 10.3. The largest absolute Gasteiger partial charge is 0.450 e. The van der Waals surface area contributed by atoms with Crippen LogP contribution in [0.3, 0.4) is 0 Å². The van der Waals surface area contributed by atoms with Gasteiger partial charge in [0, 0.05) is 9.90 Å². The van der Waals surface area contributed by atoms with E-state index in [1.807, 2.05) is 6.92 Å². The van der Waals surface area contributed by atoms with Crippen molar-refractivity contribution < 1.29 is 19.1 Å². The minimum atomic E-state index is -0.848. The van der Waals surface area contributed by atoms with Crippen LogP contribution in [0.1, 0.15) is 38.1 Å². The van der Waals surface area contributed by atoms with E-state index in [-0.39, 0.29) is 22.8 Å². The third-order valence-electron chi connectivity index (χ3n) is 3.51. The van der Waals surface area contributed by atoms with E-state index in [0.29, 0.717) is 15.6 Å². The Balaban J connectivity index is 2.29. The van der Waals surface area contributed by atoms with Gasteiger partial charge in [-0.3, -0.25) is 14.9 Å². The summed E-state index contributed by atoms with van der Waals surface area (Å²) in [6.07, 6.45) is -0.848. The van der Waals surface area contributed by atoms with Gasteiger partial charge in [0.1, 0.15) is 5.00 Å². The van der Waals surface area contributed by atoms with Crippen molar-refractivity contribution in [3.63, 3.8) is 0 Å². The predicted molar refractivity (Wildman–Crippen MR) is 103 cm³/mol. The number of anilines is 1. The molecule has 0 radical (unpaired) electrons. The molecule has 2 aromatic rings. The number of nitrogens with one attached hydrogen (secondary N) is 2. The first kappa shape index (κ1) is 20.2. The number of thiophene rings is 1. The number of hydrogen-bond donors (Lipinski definition) is 2. The zero-order valence-electron chi connectivity index (χ0n) is 14.2. The van der Waals surface area contributed by atoms with Crippen molar-refractivity contribution in [2.75, 3.05) is 11.9 Å². The van der Waals surface area contributed by atoms with Gasteiger partial charge in [-0.05, 0) is 44.5 Å². The Morgan fingerprint density at radius 1 is 1.15 bits per heavy atom. The molecule has 0 fully saturated rings. The average Bonchev–Trinajstić information content (AvgIpc) is 2.81. The fourth-order valence-electron chi connectivity index (χ4n) is 2.15. The monoisotopic (exact) mass is 414 g/mol. The highest BCUT2D eigenvalue weighted by atomic mass is 35.5. The van der Waals surface area contributed by atoms with E-state index in [1.54, 1.807) is 19.9 Å². The van der Waals surface area contributed by atoms with Crippen LogP contribution in [0.15, 0.2) is 18.2 Å². The number of benzene rings is 1. The average molecular weight is 415 g/mol. The zero-order valence-corrected chi connectivity index (χ0v) is 16.6. The maximum Gasteiger partial charge on any atom is 0.414 e. The molecule has 0 bridgehead atoms. The Bertz CT molecular complexity index is 880. The summed E-state index contributed by atoms with van der Waals surface area (Å²) in [5.74, 6) is -1.14. The van der Waals surface area contributed by atoms with Crippen molar-refractivity contribution >= 4 is 57.4 Å². The van der Waals surface area contributed by atoms with Crippen LogP contribution in [0.4, 0.5) is 9.80 Å². The van der Waals surface area contributed by atoms with Gasteiger partial charge in [-0.15, -0.1) is 11.3 Å². The highest BCUT2D eigenvalue weighted by molar-refractivity contribution is 7.16. The zero-order chi connectivity index (χ0) is 19.4. The molecule has 0 unspecified atom stereocenters. The van der Waals surface area contributed by atoms with E-state index < -0.39 is 17.9 Å². The van der Waals surface area contributed by atoms with Crippen LogP contribution >= 0.6 is 34.5 Å². The molecule has 138 valence electrons. The first-order chi connectivity index (χ1) is 12.2. The molecule has 2 N–H and O–H groups in total. The first-order valence-electron chi connectivity index (χ1n) is 7.59. The molecule has 0 aliphatic heterocycles. The molecule has 0 aliphatic carbocycles. The molecular formula is C17H16Cl2N2O4S. The summed E-state index contributed by atoms with van der Waals surface area (Å²) in [5.41, 5.74) is 1.09. The Morgan fingerprint density at radius 3 is 2.46 bits per heavy atom. The standard InChI is InChI=1S/C17H16Cl2N2O4S/c1-4-25-17(24)21-15(23)13-8(2)9(3)26-16(13)20-14(22)11-6-5-10(18)7-12(11)19/h5-7H,4H2,1-3H3,(H,20,22)(H,21,23,24). The minimum absolute atomic E-state index is 0.138. The summed E-state index contributed by atoms with van der Waals surface area (Å²) in [5, 5.41) is 5.73. The van der Waals surface area contributed by atoms with Gasteiger partial charge in [-0.1, -0.05) is 23.2 Å². The summed E-state index contributed by atoms with van der Waals surface area (Å²) in [4.78, 5) is 37.3. The summed E-state index contributed by atoms with van der Waals surface area (Å²) < 4.78 is 4.71. The molecular weight excluding hydrogens is 399 g/mol. The first-order valence-corrected chi connectivity index (χ1v) is 9.16. The summed E-state index contributed by atoms with van der Waals surface area (Å²) in [7, 11) is 0. The summed E-state index contributed by atoms with van der Waals surface area (Å²) in [6, 6.07) is 4.49. The molecule has 3 amide bonds. The second-order valence-corrected chi connectivity index (χ2v) is 7.31. The van der Waals surface area contributed by atoms with Crippen LogP contribution in [0.2, 0.25) is 10.0 Å². The van der Waals surface area contributed by atoms with E-state index in [1.165, 1.54) is 23.5 Å². The van der Waals surface area contributed by atoms with Gasteiger partial charge in [0.15, 0.2) is 0 Å². The van der Waals surface area contributed by atoms with E-state index in [0.717, 1.165) is 4.88 Å². The van der Waals surface area contributed by atoms with Gasteiger partial charge < -0.3 is 10.1 Å². The molecule has 0 atom stereocenters. The summed E-state index contributed by atoms with van der Waals surface area (Å²) in [6.45, 7) is 5.31. The highest BCUT2D eigenvalue weighted by Crippen LogP contribution is 2.33. The van der Waals surface area contributed by atoms with E-state index in [9.17, 15) is 14.4 Å². The second-order valence-electron chi connectivity index (χ2n) is 5.24. The number of imide groups is 1. The Kier molecular flexibility index (Phi) is 6.63. The fraction of sp³-hybridized carbons (Fsp3) is 0.235. The van der Waals surface area contributed by atoms with Crippen LogP contribution in [-0.4, -0.2) is 24.5 Å². The van der Waals surface area contributed by atoms with Crippen LogP contribution < -0.4 is 10.6 Å². The van der Waals surface area contributed by atoms with Gasteiger partial charge in [0.05, 0.1) is 22.8 Å². The molecule has 1 aromatic carbocycles. The number of amides is 3. The second kappa shape index (κ2) is 8.53. The van der Waals surface area contributed by atoms with E-state index in [2.05, 4.69) is 10.6 Å². The van der Waals surface area contributed by atoms with Crippen molar-refractivity contribution in [1.29, 1.82) is 0 Å². The molecule has 9 heteroatoms. The fourth-order valence-corrected chi connectivity index (χ4v) is 3.70. The van der Waals surface area contributed by atoms with Crippen LogP contribution in [-0.2, 0) is 4.74 Å². The van der Waals surface area contributed by atoms with Gasteiger partial charge in [0.25, 0.3) is 11.8 Å². The highest BCUT2D eigenvalue weighted by Gasteiger charge is 2.23. The molecule has 1 aromatic heterocycles. The Morgan fingerprint density at radius 2 is 1.85 bits per heavy atom. The lowest BCUT2D eigenvalue weighted by atomic mass is 10.1. The molecule has 1 heterocycles. The van der Waals surface area contributed by atoms with Gasteiger partial charge in [-0.2, -0.15) is 0 Å². The van der Waals surface area contributed by atoms with Crippen LogP contribution in [0, 0.1) is 13.8 Å². The van der Waals surface area contributed by atoms with Crippen molar-refractivity contribution in [1.82, 2.24) is 5.32 Å². The molecule has 0 spiro atoms. The van der Waals surface area contributed by atoms with Crippen molar-refractivity contribution in [3.8, 4) is 0 Å². The van der Waals surface area contributed by atoms with Gasteiger partial charge in [-0.25, -0.2) is 4.79 Å². The third-order valence-corrected chi connectivity index (χ3v) is 5.18. The molecule has 6 nitrogen and oxygen atoms in total. The number of hydrogen-bond acceptors (Lipinski definition) is 5. The number of alkyl carbamates (subject to hydrolysis) is 1. The van der Waals surface area contributed by atoms with Gasteiger partial charge in [0.2, 0.25) is 0 Å². The minimum Gasteiger partial charge on any atom is -0.450 e. The number of carbonyl (C=O) groups is 3. The van der Waals surface area contributed by atoms with Crippen molar-refractivity contribution in [2.24, 2.45) is 0 Å². The number of aryl methyl sites for hydroxylation is 1. The van der Waals surface area contributed by atoms with Crippen LogP contribution in [0.25, 0.3) is 0 Å². The number of rotatable bonds is 4. The smallest absolute Gasteiger partial charge is 0.414 e. The van der Waals surface area contributed by atoms with E-state index in [4.69, 9.17) is 27.9 Å². The molecule has 0 saturated carbocycles. The Hall–Kier alpha value is -2.09. The Labute approximate surface area is 164 Å². The maximum atomic E-state index is 12.5. The van der Waals surface area contributed by atoms with Gasteiger partial charge >= 0.3 is 6.09 Å². The topological polar surface area (TPSA) is 84.5 Å². The number of carbonyl (C=O) groups excluding carboxylic acids is 3. The van der Waals surface area contributed by atoms with E-state index >= 15 is 0 Å². The molecule has 0 aliphatic rings. The summed E-state index contributed by atoms with van der Waals surface area (Å²) >= 11 is 13.1. The quantitative estimate of drug-likeness (QED) is 0.751. The van der Waals surface area contributed by atoms with Crippen molar-refractivity contribution in [3.05, 3.63) is 49.8 Å². The molecule has 26 heavy (non-hydrogen) atoms. The maximum absolute atomic E-state index is 12.5. The van der Waals surface area contributed by atoms with Crippen LogP contribution in [0.5, 0.6) is 0 Å².